The Morgan fingerprint density at radius 1 is 1.08 bits per heavy atom. The third-order valence-electron chi connectivity index (χ3n) is 3.90. The second-order valence-corrected chi connectivity index (χ2v) is 5.81. The lowest BCUT2D eigenvalue weighted by Gasteiger charge is -2.22. The van der Waals surface area contributed by atoms with Crippen LogP contribution in [0.25, 0.3) is 0 Å². The van der Waals surface area contributed by atoms with Gasteiger partial charge >= 0.3 is 0 Å². The Labute approximate surface area is 169 Å². The molecular formula is C19H33IN4O. The van der Waals surface area contributed by atoms with Crippen molar-refractivity contribution >= 4 is 35.8 Å². The Kier molecular flexibility index (Phi) is 14.2. The number of amides is 1. The lowest BCUT2D eigenvalue weighted by Crippen LogP contribution is -2.44. The molecule has 1 aromatic carbocycles. The molecule has 0 saturated carbocycles. The molecule has 25 heavy (non-hydrogen) atoms. The maximum Gasteiger partial charge on any atom is 0.242 e. The summed E-state index contributed by atoms with van der Waals surface area (Å²) < 4.78 is 0. The number of nitrogens with one attached hydrogen (secondary N) is 2. The summed E-state index contributed by atoms with van der Waals surface area (Å²) in [5.74, 6) is 0.769. The van der Waals surface area contributed by atoms with E-state index < -0.39 is 0 Å². The number of likely N-dealkylation sites (N-methyl/N-ethyl adjacent to an activating group) is 1. The van der Waals surface area contributed by atoms with Crippen molar-refractivity contribution in [1.82, 2.24) is 15.5 Å². The van der Waals surface area contributed by atoms with E-state index in [0.29, 0.717) is 19.0 Å². The van der Waals surface area contributed by atoms with Crippen molar-refractivity contribution < 1.29 is 4.79 Å². The molecule has 0 spiro atoms. The molecule has 1 amide bonds. The Bertz CT molecular complexity index is 493. The number of benzene rings is 1. The predicted octanol–water partition coefficient (Wildman–Crippen LogP) is 3.40. The number of nitrogens with zero attached hydrogens (tertiary/aromatic N) is 2. The lowest BCUT2D eigenvalue weighted by atomic mass is 10.2. The molecule has 1 rings (SSSR count). The number of rotatable bonds is 10. The van der Waals surface area contributed by atoms with Gasteiger partial charge in [0.25, 0.3) is 0 Å². The highest BCUT2D eigenvalue weighted by molar-refractivity contribution is 14.0. The SMILES string of the molecule is CCCCCCNC(=NC)NCC(=O)N(CC)Cc1ccccc1.I. The quantitative estimate of drug-likeness (QED) is 0.244. The zero-order valence-corrected chi connectivity index (χ0v) is 18.1. The van der Waals surface area contributed by atoms with Crippen LogP contribution in [0.4, 0.5) is 0 Å². The minimum Gasteiger partial charge on any atom is -0.356 e. The number of aliphatic imine (C=N–C) groups is 1. The van der Waals surface area contributed by atoms with Crippen molar-refractivity contribution in [2.24, 2.45) is 4.99 Å². The van der Waals surface area contributed by atoms with Crippen LogP contribution in [-0.4, -0.2) is 43.4 Å². The molecule has 0 fully saturated rings. The van der Waals surface area contributed by atoms with E-state index in [-0.39, 0.29) is 36.4 Å². The third-order valence-corrected chi connectivity index (χ3v) is 3.90. The van der Waals surface area contributed by atoms with Crippen molar-refractivity contribution in [1.29, 1.82) is 0 Å². The molecule has 0 aliphatic heterocycles. The van der Waals surface area contributed by atoms with Crippen LogP contribution in [0.2, 0.25) is 0 Å². The molecular weight excluding hydrogens is 427 g/mol. The van der Waals surface area contributed by atoms with E-state index in [4.69, 9.17) is 0 Å². The van der Waals surface area contributed by atoms with Gasteiger partial charge in [-0.25, -0.2) is 0 Å². The number of carbonyl (C=O) groups is 1. The maximum atomic E-state index is 12.4. The summed E-state index contributed by atoms with van der Waals surface area (Å²) in [5.41, 5.74) is 1.14. The molecule has 0 aliphatic carbocycles. The van der Waals surface area contributed by atoms with Gasteiger partial charge in [0.1, 0.15) is 0 Å². The molecule has 0 saturated heterocycles. The monoisotopic (exact) mass is 460 g/mol. The van der Waals surface area contributed by atoms with Gasteiger partial charge in [0.2, 0.25) is 5.91 Å². The fourth-order valence-corrected chi connectivity index (χ4v) is 2.43. The van der Waals surface area contributed by atoms with Crippen molar-refractivity contribution in [2.75, 3.05) is 26.7 Å². The maximum absolute atomic E-state index is 12.4. The number of hydrogen-bond donors (Lipinski definition) is 2. The summed E-state index contributed by atoms with van der Waals surface area (Å²) in [6.07, 6.45) is 4.84. The van der Waals surface area contributed by atoms with E-state index in [0.717, 1.165) is 18.5 Å². The van der Waals surface area contributed by atoms with E-state index in [2.05, 4.69) is 22.5 Å². The van der Waals surface area contributed by atoms with E-state index in [1.54, 1.807) is 7.05 Å². The highest BCUT2D eigenvalue weighted by Gasteiger charge is 2.12. The molecule has 5 nitrogen and oxygen atoms in total. The number of unbranched alkanes of at least 4 members (excludes halogenated alkanes) is 3. The number of guanidine groups is 1. The van der Waals surface area contributed by atoms with Crippen LogP contribution >= 0.6 is 24.0 Å². The summed E-state index contributed by atoms with van der Waals surface area (Å²) in [6.45, 7) is 6.68. The number of halogens is 1. The first-order valence-electron chi connectivity index (χ1n) is 8.97. The van der Waals surface area contributed by atoms with Crippen LogP contribution in [0.5, 0.6) is 0 Å². The standard InChI is InChI=1S/C19H32N4O.HI/c1-4-6-7-11-14-21-19(20-3)22-15-18(24)23(5-2)16-17-12-9-8-10-13-17;/h8-10,12-13H,4-7,11,14-16H2,1-3H3,(H2,20,21,22);1H. The average molecular weight is 460 g/mol. The van der Waals surface area contributed by atoms with Gasteiger partial charge in [-0.05, 0) is 18.9 Å². The number of carbonyl (C=O) groups excluding carboxylic acids is 1. The van der Waals surface area contributed by atoms with Crippen LogP contribution in [0, 0.1) is 0 Å². The van der Waals surface area contributed by atoms with Gasteiger partial charge in [-0.15, -0.1) is 24.0 Å². The minimum absolute atomic E-state index is 0. The van der Waals surface area contributed by atoms with Gasteiger partial charge in [0.05, 0.1) is 6.54 Å². The predicted molar refractivity (Wildman–Crippen MR) is 116 cm³/mol. The van der Waals surface area contributed by atoms with E-state index >= 15 is 0 Å². The molecule has 1 aromatic rings. The molecule has 0 atom stereocenters. The first kappa shape index (κ1) is 23.7. The molecule has 0 bridgehead atoms. The summed E-state index contributed by atoms with van der Waals surface area (Å²) in [6, 6.07) is 10.1. The zero-order valence-electron chi connectivity index (χ0n) is 15.8. The normalized spacial score (nSPS) is 10.8. The van der Waals surface area contributed by atoms with Gasteiger partial charge in [0, 0.05) is 26.7 Å². The van der Waals surface area contributed by atoms with Gasteiger partial charge in [0.15, 0.2) is 5.96 Å². The van der Waals surface area contributed by atoms with Crippen LogP contribution in [-0.2, 0) is 11.3 Å². The molecule has 0 heterocycles. The second-order valence-electron chi connectivity index (χ2n) is 5.81. The molecule has 0 aliphatic rings. The molecule has 2 N–H and O–H groups in total. The van der Waals surface area contributed by atoms with Crippen LogP contribution in [0.3, 0.4) is 0 Å². The van der Waals surface area contributed by atoms with E-state index in [1.807, 2.05) is 42.2 Å². The fraction of sp³-hybridized carbons (Fsp3) is 0.579. The zero-order chi connectivity index (χ0) is 17.6. The summed E-state index contributed by atoms with van der Waals surface area (Å²) >= 11 is 0. The Morgan fingerprint density at radius 2 is 1.80 bits per heavy atom. The summed E-state index contributed by atoms with van der Waals surface area (Å²) in [4.78, 5) is 18.4. The number of hydrogen-bond acceptors (Lipinski definition) is 2. The Balaban J connectivity index is 0.00000576. The summed E-state index contributed by atoms with van der Waals surface area (Å²) in [7, 11) is 1.73. The van der Waals surface area contributed by atoms with Crippen molar-refractivity contribution in [3.05, 3.63) is 35.9 Å². The van der Waals surface area contributed by atoms with E-state index in [1.165, 1.54) is 19.3 Å². The van der Waals surface area contributed by atoms with Gasteiger partial charge in [-0.1, -0.05) is 56.5 Å². The highest BCUT2D eigenvalue weighted by Crippen LogP contribution is 2.04. The van der Waals surface area contributed by atoms with E-state index in [9.17, 15) is 4.79 Å². The van der Waals surface area contributed by atoms with Crippen LogP contribution in [0.1, 0.15) is 45.1 Å². The van der Waals surface area contributed by atoms with Gasteiger partial charge < -0.3 is 15.5 Å². The Morgan fingerprint density at radius 3 is 2.40 bits per heavy atom. The fourth-order valence-electron chi connectivity index (χ4n) is 2.43. The minimum atomic E-state index is 0. The molecule has 0 aromatic heterocycles. The molecule has 6 heteroatoms. The largest absolute Gasteiger partial charge is 0.356 e. The van der Waals surface area contributed by atoms with Crippen molar-refractivity contribution in [2.45, 2.75) is 46.1 Å². The first-order valence-corrected chi connectivity index (χ1v) is 8.97. The van der Waals surface area contributed by atoms with Gasteiger partial charge in [-0.2, -0.15) is 0 Å². The highest BCUT2D eigenvalue weighted by atomic mass is 127. The lowest BCUT2D eigenvalue weighted by molar-refractivity contribution is -0.130. The summed E-state index contributed by atoms with van der Waals surface area (Å²) in [5, 5.41) is 6.37. The van der Waals surface area contributed by atoms with Crippen LogP contribution in [0.15, 0.2) is 35.3 Å². The second kappa shape index (κ2) is 15.0. The smallest absolute Gasteiger partial charge is 0.242 e. The molecule has 0 radical (unpaired) electrons. The van der Waals surface area contributed by atoms with Crippen molar-refractivity contribution in [3.63, 3.8) is 0 Å². The molecule has 0 unspecified atom stereocenters. The van der Waals surface area contributed by atoms with Gasteiger partial charge in [-0.3, -0.25) is 9.79 Å². The molecule has 142 valence electrons. The topological polar surface area (TPSA) is 56.7 Å². The first-order chi connectivity index (χ1) is 11.7. The Hall–Kier alpha value is -1.31. The van der Waals surface area contributed by atoms with Crippen molar-refractivity contribution in [3.8, 4) is 0 Å². The average Bonchev–Trinajstić information content (AvgIpc) is 2.62. The third kappa shape index (κ3) is 10.3. The van der Waals surface area contributed by atoms with Crippen LogP contribution < -0.4 is 10.6 Å².